The van der Waals surface area contributed by atoms with E-state index < -0.39 is 10.2 Å². The van der Waals surface area contributed by atoms with Gasteiger partial charge in [-0.15, -0.1) is 12.4 Å². The first-order valence-electron chi connectivity index (χ1n) is 5.84. The highest BCUT2D eigenvalue weighted by atomic mass is 35.5. The van der Waals surface area contributed by atoms with E-state index in [1.807, 2.05) is 7.05 Å². The molecule has 0 radical (unpaired) electrons. The van der Waals surface area contributed by atoms with Gasteiger partial charge in [0.15, 0.2) is 0 Å². The highest BCUT2D eigenvalue weighted by Crippen LogP contribution is 2.19. The van der Waals surface area contributed by atoms with Crippen LogP contribution in [-0.2, 0) is 10.2 Å². The molecule has 7 heteroatoms. The zero-order chi connectivity index (χ0) is 12.2. The number of piperidine rings is 1. The molecule has 104 valence electrons. The average molecular weight is 286 g/mol. The third kappa shape index (κ3) is 4.71. The van der Waals surface area contributed by atoms with Crippen molar-refractivity contribution < 1.29 is 8.42 Å². The summed E-state index contributed by atoms with van der Waals surface area (Å²) in [5.74, 6) is 0.473. The minimum Gasteiger partial charge on any atom is -0.318 e. The molecule has 0 aromatic heterocycles. The Bertz CT molecular complexity index is 311. The molecule has 0 spiro atoms. The van der Waals surface area contributed by atoms with Crippen molar-refractivity contribution in [2.75, 3.05) is 40.3 Å². The second kappa shape index (κ2) is 7.53. The molecule has 0 amide bonds. The molecule has 1 saturated heterocycles. The number of nitrogens with zero attached hydrogens (tertiary/aromatic N) is 2. The van der Waals surface area contributed by atoms with Gasteiger partial charge in [-0.05, 0) is 25.8 Å². The maximum absolute atomic E-state index is 12.2. The Labute approximate surface area is 111 Å². The minimum atomic E-state index is -3.24. The minimum absolute atomic E-state index is 0. The van der Waals surface area contributed by atoms with Crippen LogP contribution in [0.2, 0.25) is 0 Å². The highest BCUT2D eigenvalue weighted by Gasteiger charge is 2.29. The van der Waals surface area contributed by atoms with E-state index in [1.165, 1.54) is 4.31 Å². The molecule has 17 heavy (non-hydrogen) atoms. The van der Waals surface area contributed by atoms with Gasteiger partial charge in [0.25, 0.3) is 10.2 Å². The molecule has 1 aliphatic heterocycles. The Balaban J connectivity index is 0.00000256. The molecule has 0 aromatic rings. The lowest BCUT2D eigenvalue weighted by Crippen LogP contribution is -2.47. The molecule has 1 fully saturated rings. The molecule has 0 aliphatic carbocycles. The standard InChI is InChI=1S/C10H23N3O2S.ClH/c1-10-5-4-7-13(9-10)16(14,15)12(3)8-6-11-2;/h10-11H,4-9H2,1-3H3;1H. The summed E-state index contributed by atoms with van der Waals surface area (Å²) in [6.07, 6.45) is 2.10. The van der Waals surface area contributed by atoms with Crippen LogP contribution in [0.3, 0.4) is 0 Å². The Morgan fingerprint density at radius 2 is 2.12 bits per heavy atom. The van der Waals surface area contributed by atoms with Crippen LogP contribution >= 0.6 is 12.4 Å². The van der Waals surface area contributed by atoms with Crippen molar-refractivity contribution in [2.24, 2.45) is 5.92 Å². The molecule has 1 heterocycles. The lowest BCUT2D eigenvalue weighted by Gasteiger charge is -2.33. The Kier molecular flexibility index (Phi) is 7.58. The summed E-state index contributed by atoms with van der Waals surface area (Å²) in [4.78, 5) is 0. The summed E-state index contributed by atoms with van der Waals surface area (Å²) >= 11 is 0. The number of hydrogen-bond donors (Lipinski definition) is 1. The summed E-state index contributed by atoms with van der Waals surface area (Å²) in [5.41, 5.74) is 0. The van der Waals surface area contributed by atoms with Crippen LogP contribution in [0.15, 0.2) is 0 Å². The summed E-state index contributed by atoms with van der Waals surface area (Å²) in [7, 11) is 0.227. The summed E-state index contributed by atoms with van der Waals surface area (Å²) in [5, 5.41) is 2.96. The van der Waals surface area contributed by atoms with Gasteiger partial charge >= 0.3 is 0 Å². The molecule has 0 aromatic carbocycles. The third-order valence-electron chi connectivity index (χ3n) is 3.02. The monoisotopic (exact) mass is 285 g/mol. The van der Waals surface area contributed by atoms with Crippen molar-refractivity contribution in [3.63, 3.8) is 0 Å². The molecule has 5 nitrogen and oxygen atoms in total. The fourth-order valence-corrected chi connectivity index (χ4v) is 3.46. The van der Waals surface area contributed by atoms with E-state index in [0.717, 1.165) is 12.8 Å². The fourth-order valence-electron chi connectivity index (χ4n) is 1.94. The zero-order valence-electron chi connectivity index (χ0n) is 10.8. The molecule has 0 saturated carbocycles. The second-order valence-electron chi connectivity index (χ2n) is 4.54. The summed E-state index contributed by atoms with van der Waals surface area (Å²) in [6.45, 7) is 4.63. The van der Waals surface area contributed by atoms with E-state index in [1.54, 1.807) is 11.4 Å². The largest absolute Gasteiger partial charge is 0.318 e. The quantitative estimate of drug-likeness (QED) is 0.802. The van der Waals surface area contributed by atoms with Gasteiger partial charge in [0.1, 0.15) is 0 Å². The Morgan fingerprint density at radius 3 is 2.65 bits per heavy atom. The smallest absolute Gasteiger partial charge is 0.281 e. The van der Waals surface area contributed by atoms with Crippen molar-refractivity contribution in [1.82, 2.24) is 13.9 Å². The highest BCUT2D eigenvalue weighted by molar-refractivity contribution is 7.86. The molecular weight excluding hydrogens is 262 g/mol. The molecule has 1 N–H and O–H groups in total. The van der Waals surface area contributed by atoms with E-state index >= 15 is 0 Å². The van der Waals surface area contributed by atoms with Crippen molar-refractivity contribution in [1.29, 1.82) is 0 Å². The van der Waals surface area contributed by atoms with Crippen molar-refractivity contribution in [2.45, 2.75) is 19.8 Å². The Morgan fingerprint density at radius 1 is 1.47 bits per heavy atom. The topological polar surface area (TPSA) is 52.7 Å². The van der Waals surface area contributed by atoms with Crippen LogP contribution in [0.1, 0.15) is 19.8 Å². The van der Waals surface area contributed by atoms with E-state index in [4.69, 9.17) is 0 Å². The van der Waals surface area contributed by atoms with E-state index in [9.17, 15) is 8.42 Å². The lowest BCUT2D eigenvalue weighted by molar-refractivity contribution is 0.264. The van der Waals surface area contributed by atoms with Crippen molar-refractivity contribution in [3.8, 4) is 0 Å². The van der Waals surface area contributed by atoms with E-state index in [0.29, 0.717) is 32.1 Å². The van der Waals surface area contributed by atoms with Crippen LogP contribution in [0.25, 0.3) is 0 Å². The van der Waals surface area contributed by atoms with E-state index in [2.05, 4.69) is 12.2 Å². The number of halogens is 1. The van der Waals surface area contributed by atoms with Gasteiger partial charge in [0.05, 0.1) is 0 Å². The van der Waals surface area contributed by atoms with Crippen LogP contribution in [0, 0.1) is 5.92 Å². The van der Waals surface area contributed by atoms with Crippen LogP contribution in [0.4, 0.5) is 0 Å². The maximum Gasteiger partial charge on any atom is 0.281 e. The molecule has 1 atom stereocenters. The predicted octanol–water partition coefficient (Wildman–Crippen LogP) is 0.536. The lowest BCUT2D eigenvalue weighted by atomic mass is 10.0. The summed E-state index contributed by atoms with van der Waals surface area (Å²) in [6, 6.07) is 0. The number of nitrogens with one attached hydrogen (secondary N) is 1. The number of rotatable bonds is 5. The molecule has 0 bridgehead atoms. The average Bonchev–Trinajstić information content (AvgIpc) is 2.25. The number of likely N-dealkylation sites (N-methyl/N-ethyl adjacent to an activating group) is 2. The Hall–Kier alpha value is 0.120. The van der Waals surface area contributed by atoms with Crippen LogP contribution < -0.4 is 5.32 Å². The maximum atomic E-state index is 12.2. The van der Waals surface area contributed by atoms with Crippen LogP contribution in [-0.4, -0.2) is 57.3 Å². The number of hydrogen-bond acceptors (Lipinski definition) is 3. The first kappa shape index (κ1) is 17.1. The fraction of sp³-hybridized carbons (Fsp3) is 1.00. The molecular formula is C10H24ClN3O2S. The summed E-state index contributed by atoms with van der Waals surface area (Å²) < 4.78 is 27.4. The van der Waals surface area contributed by atoms with Crippen molar-refractivity contribution >= 4 is 22.6 Å². The molecule has 1 aliphatic rings. The van der Waals surface area contributed by atoms with Gasteiger partial charge in [-0.3, -0.25) is 0 Å². The second-order valence-corrected chi connectivity index (χ2v) is 6.57. The van der Waals surface area contributed by atoms with Gasteiger partial charge in [-0.2, -0.15) is 17.0 Å². The van der Waals surface area contributed by atoms with Gasteiger partial charge in [-0.1, -0.05) is 6.92 Å². The third-order valence-corrected chi connectivity index (χ3v) is 4.97. The normalized spacial score (nSPS) is 22.5. The van der Waals surface area contributed by atoms with Crippen LogP contribution in [0.5, 0.6) is 0 Å². The first-order valence-corrected chi connectivity index (χ1v) is 7.24. The first-order chi connectivity index (χ1) is 7.48. The molecule has 1 rings (SSSR count). The van der Waals surface area contributed by atoms with Crippen molar-refractivity contribution in [3.05, 3.63) is 0 Å². The van der Waals surface area contributed by atoms with E-state index in [-0.39, 0.29) is 12.4 Å². The zero-order valence-corrected chi connectivity index (χ0v) is 12.5. The van der Waals surface area contributed by atoms with Gasteiger partial charge in [0.2, 0.25) is 0 Å². The predicted molar refractivity (Wildman–Crippen MR) is 72.7 cm³/mol. The molecule has 1 unspecified atom stereocenters. The van der Waals surface area contributed by atoms with Gasteiger partial charge in [0, 0.05) is 33.2 Å². The van der Waals surface area contributed by atoms with Gasteiger partial charge in [-0.25, -0.2) is 0 Å². The van der Waals surface area contributed by atoms with Gasteiger partial charge < -0.3 is 5.32 Å². The SMILES string of the molecule is CNCCN(C)S(=O)(=O)N1CCCC(C)C1.Cl.